The average molecular weight is 843 g/mol. The minimum atomic E-state index is -0.816. The molecule has 0 aromatic heterocycles. The van der Waals surface area contributed by atoms with Gasteiger partial charge in [-0.15, -0.1) is 0 Å². The molecule has 0 saturated carbocycles. The second kappa shape index (κ2) is 48.5. The Kier molecular flexibility index (Phi) is 45.1. The third-order valence-corrected chi connectivity index (χ3v) is 9.59. The van der Waals surface area contributed by atoms with E-state index in [2.05, 4.69) is 136 Å². The molecule has 0 aliphatic heterocycles. The first-order valence-electron chi connectivity index (χ1n) is 24.1. The van der Waals surface area contributed by atoms with E-state index >= 15 is 0 Å². The largest absolute Gasteiger partial charge is 0.462 e. The molecule has 0 rings (SSSR count). The van der Waals surface area contributed by atoms with E-state index in [1.165, 1.54) is 19.3 Å². The molecule has 0 saturated heterocycles. The van der Waals surface area contributed by atoms with Crippen molar-refractivity contribution in [3.8, 4) is 0 Å². The number of carbonyl (C=O) groups is 3. The summed E-state index contributed by atoms with van der Waals surface area (Å²) in [6.45, 7) is 6.25. The van der Waals surface area contributed by atoms with E-state index in [4.69, 9.17) is 14.2 Å². The molecule has 1 atom stereocenters. The standard InChI is InChI=1S/C55H86O6/c1-4-7-10-13-16-19-22-25-26-27-28-29-31-33-36-39-42-45-48-54(57)60-51-52(50-59-53(56)47-44-41-38-35-32-24-21-18-15-12-9-6-3)61-55(58)49-46-43-40-37-34-30-23-20-17-14-11-8-5-2/h8-9,11-12,14,16-23,25-29,32,35,52H,4-7,10,13,15,24,30-31,33-34,36-51H2,1-3H3/b11-8-,12-9-,17-14-,19-16-,21-18-,23-20-,25-22-,27-26-,29-28-,35-32-. The van der Waals surface area contributed by atoms with Gasteiger partial charge in [0.05, 0.1) is 0 Å². The molecule has 1 unspecified atom stereocenters. The zero-order valence-corrected chi connectivity index (χ0v) is 38.9. The van der Waals surface area contributed by atoms with Crippen molar-refractivity contribution in [2.75, 3.05) is 13.2 Å². The lowest BCUT2D eigenvalue weighted by atomic mass is 10.1. The van der Waals surface area contributed by atoms with Gasteiger partial charge in [-0.3, -0.25) is 14.4 Å². The summed E-state index contributed by atoms with van der Waals surface area (Å²) < 4.78 is 16.7. The molecule has 61 heavy (non-hydrogen) atoms. The lowest BCUT2D eigenvalue weighted by Crippen LogP contribution is -2.30. The zero-order chi connectivity index (χ0) is 44.4. The van der Waals surface area contributed by atoms with Crippen molar-refractivity contribution in [2.45, 2.75) is 194 Å². The van der Waals surface area contributed by atoms with Crippen molar-refractivity contribution in [1.29, 1.82) is 0 Å². The van der Waals surface area contributed by atoms with Gasteiger partial charge in [-0.25, -0.2) is 0 Å². The van der Waals surface area contributed by atoms with Crippen LogP contribution in [0.2, 0.25) is 0 Å². The molecule has 6 heteroatoms. The van der Waals surface area contributed by atoms with Crippen molar-refractivity contribution in [1.82, 2.24) is 0 Å². The summed E-state index contributed by atoms with van der Waals surface area (Å²) >= 11 is 0. The maximum atomic E-state index is 12.7. The Morgan fingerprint density at radius 1 is 0.361 bits per heavy atom. The molecule has 0 aliphatic rings. The Morgan fingerprint density at radius 3 is 1.23 bits per heavy atom. The van der Waals surface area contributed by atoms with Crippen LogP contribution < -0.4 is 0 Å². The van der Waals surface area contributed by atoms with E-state index in [-0.39, 0.29) is 37.5 Å². The van der Waals surface area contributed by atoms with Crippen LogP contribution in [0.4, 0.5) is 0 Å². The first-order chi connectivity index (χ1) is 30.0. The molecule has 0 aliphatic carbocycles. The number of allylic oxidation sites excluding steroid dienone is 20. The van der Waals surface area contributed by atoms with Crippen LogP contribution in [0.1, 0.15) is 188 Å². The van der Waals surface area contributed by atoms with Crippen LogP contribution in [0.15, 0.2) is 122 Å². The lowest BCUT2D eigenvalue weighted by molar-refractivity contribution is -0.167. The summed E-state index contributed by atoms with van der Waals surface area (Å²) in [6.07, 6.45) is 66.1. The zero-order valence-electron chi connectivity index (χ0n) is 38.9. The Hall–Kier alpha value is -4.19. The van der Waals surface area contributed by atoms with Gasteiger partial charge < -0.3 is 14.2 Å². The molecule has 0 bridgehead atoms. The predicted molar refractivity (Wildman–Crippen MR) is 260 cm³/mol. The van der Waals surface area contributed by atoms with Gasteiger partial charge in [-0.05, 0) is 96.3 Å². The fourth-order valence-corrected chi connectivity index (χ4v) is 6.00. The summed E-state index contributed by atoms with van der Waals surface area (Å²) in [6, 6.07) is 0. The quantitative estimate of drug-likeness (QED) is 0.0201. The van der Waals surface area contributed by atoms with Gasteiger partial charge in [0, 0.05) is 19.3 Å². The number of hydrogen-bond acceptors (Lipinski definition) is 6. The maximum Gasteiger partial charge on any atom is 0.306 e. The number of unbranched alkanes of at least 4 members (excludes halogenated alkanes) is 15. The summed E-state index contributed by atoms with van der Waals surface area (Å²) in [5.74, 6) is -1.01. The fraction of sp³-hybridized carbons (Fsp3) is 0.582. The van der Waals surface area contributed by atoms with Gasteiger partial charge in [0.2, 0.25) is 0 Å². The van der Waals surface area contributed by atoms with E-state index in [1.54, 1.807) is 0 Å². The molecule has 0 heterocycles. The van der Waals surface area contributed by atoms with Gasteiger partial charge in [0.15, 0.2) is 6.10 Å². The Bertz CT molecular complexity index is 1340. The maximum absolute atomic E-state index is 12.7. The van der Waals surface area contributed by atoms with Crippen molar-refractivity contribution in [3.05, 3.63) is 122 Å². The highest BCUT2D eigenvalue weighted by molar-refractivity contribution is 5.71. The normalized spacial score (nSPS) is 13.2. The molecule has 342 valence electrons. The topological polar surface area (TPSA) is 78.9 Å². The number of esters is 3. The van der Waals surface area contributed by atoms with Crippen LogP contribution in [-0.2, 0) is 28.6 Å². The van der Waals surface area contributed by atoms with Crippen LogP contribution >= 0.6 is 0 Å². The molecule has 0 aromatic carbocycles. The van der Waals surface area contributed by atoms with E-state index in [0.29, 0.717) is 19.3 Å². The van der Waals surface area contributed by atoms with Crippen LogP contribution in [0, 0.1) is 0 Å². The SMILES string of the molecule is CC\C=C/C=C\C=C/CCCCCCCC(=O)OC(COC(=O)CCCC/C=C\C/C=C\C/C=C\CC)COC(=O)CCCCCCC\C=C/C=C\C=C/C=C\CCCCC. The minimum Gasteiger partial charge on any atom is -0.462 e. The Morgan fingerprint density at radius 2 is 0.721 bits per heavy atom. The molecule has 0 spiro atoms. The van der Waals surface area contributed by atoms with Gasteiger partial charge in [0.1, 0.15) is 13.2 Å². The van der Waals surface area contributed by atoms with Gasteiger partial charge >= 0.3 is 17.9 Å². The van der Waals surface area contributed by atoms with Gasteiger partial charge in [-0.2, -0.15) is 0 Å². The smallest absolute Gasteiger partial charge is 0.306 e. The minimum absolute atomic E-state index is 0.115. The monoisotopic (exact) mass is 843 g/mol. The van der Waals surface area contributed by atoms with Crippen LogP contribution in [0.3, 0.4) is 0 Å². The first kappa shape index (κ1) is 56.8. The molecule has 0 aromatic rings. The van der Waals surface area contributed by atoms with Crippen LogP contribution in [-0.4, -0.2) is 37.2 Å². The van der Waals surface area contributed by atoms with Crippen LogP contribution in [0.25, 0.3) is 0 Å². The van der Waals surface area contributed by atoms with Gasteiger partial charge in [0.25, 0.3) is 0 Å². The number of hydrogen-bond donors (Lipinski definition) is 0. The molecular weight excluding hydrogens is 757 g/mol. The highest BCUT2D eigenvalue weighted by atomic mass is 16.6. The van der Waals surface area contributed by atoms with Crippen molar-refractivity contribution >= 4 is 17.9 Å². The molecule has 0 N–H and O–H groups in total. The highest BCUT2D eigenvalue weighted by Crippen LogP contribution is 2.12. The van der Waals surface area contributed by atoms with Gasteiger partial charge in [-0.1, -0.05) is 194 Å². The number of carbonyl (C=O) groups excluding carboxylic acids is 3. The van der Waals surface area contributed by atoms with Crippen molar-refractivity contribution in [2.24, 2.45) is 0 Å². The molecule has 0 radical (unpaired) electrons. The van der Waals surface area contributed by atoms with Crippen LogP contribution in [0.5, 0.6) is 0 Å². The summed E-state index contributed by atoms with van der Waals surface area (Å²) in [5.41, 5.74) is 0. The molecular formula is C55H86O6. The number of ether oxygens (including phenoxy) is 3. The second-order valence-electron chi connectivity index (χ2n) is 15.4. The van der Waals surface area contributed by atoms with E-state index in [1.807, 2.05) is 6.08 Å². The first-order valence-corrected chi connectivity index (χ1v) is 24.1. The van der Waals surface area contributed by atoms with Crippen molar-refractivity contribution < 1.29 is 28.6 Å². The molecule has 6 nitrogen and oxygen atoms in total. The van der Waals surface area contributed by atoms with Crippen molar-refractivity contribution in [3.63, 3.8) is 0 Å². The van der Waals surface area contributed by atoms with E-state index in [9.17, 15) is 14.4 Å². The fourth-order valence-electron chi connectivity index (χ4n) is 6.00. The average Bonchev–Trinajstić information content (AvgIpc) is 3.26. The Labute approximate surface area is 373 Å². The number of rotatable bonds is 41. The summed E-state index contributed by atoms with van der Waals surface area (Å²) in [7, 11) is 0. The van der Waals surface area contributed by atoms with E-state index < -0.39 is 6.10 Å². The third kappa shape index (κ3) is 46.7. The lowest BCUT2D eigenvalue weighted by Gasteiger charge is -2.18. The Balaban J connectivity index is 4.52. The molecule has 0 fully saturated rings. The van der Waals surface area contributed by atoms with E-state index in [0.717, 1.165) is 122 Å². The predicted octanol–water partition coefficient (Wildman–Crippen LogP) is 15.7. The summed E-state index contributed by atoms with van der Waals surface area (Å²) in [5, 5.41) is 0. The third-order valence-electron chi connectivity index (χ3n) is 9.59. The molecule has 0 amide bonds. The highest BCUT2D eigenvalue weighted by Gasteiger charge is 2.19. The second-order valence-corrected chi connectivity index (χ2v) is 15.4. The summed E-state index contributed by atoms with van der Waals surface area (Å²) in [4.78, 5) is 37.8.